The van der Waals surface area contributed by atoms with Crippen LogP contribution in [0.2, 0.25) is 0 Å². The number of carbonyl (C=O) groups is 2. The molecule has 0 aliphatic heterocycles. The summed E-state index contributed by atoms with van der Waals surface area (Å²) < 4.78 is 0. The van der Waals surface area contributed by atoms with Crippen molar-refractivity contribution in [3.05, 3.63) is 0 Å². The van der Waals surface area contributed by atoms with Gasteiger partial charge in [-0.25, -0.2) is 4.79 Å². The molecule has 0 saturated heterocycles. The van der Waals surface area contributed by atoms with Crippen molar-refractivity contribution in [3.63, 3.8) is 0 Å². The summed E-state index contributed by atoms with van der Waals surface area (Å²) in [5.41, 5.74) is 1.77. The van der Waals surface area contributed by atoms with E-state index in [1.165, 1.54) is 0 Å². The molecule has 0 aromatic heterocycles. The Morgan fingerprint density at radius 2 is 2.44 bits per heavy atom. The van der Waals surface area contributed by atoms with E-state index >= 15 is 0 Å². The third-order valence-electron chi connectivity index (χ3n) is 0.510. The molecule has 1 amide bonds. The van der Waals surface area contributed by atoms with Crippen LogP contribution in [0.15, 0.2) is 0 Å². The molecule has 0 heterocycles. The molecule has 0 bridgehead atoms. The minimum Gasteiger partial charge on any atom is -1.00 e. The standard InChI is InChI=1S/C4H7NO3.Na.H/c1-2-4(7)8-5-3-6;;/h3H,2H2,1H3,(H,5,6);;/q;+1;-1. The molecular weight excluding hydrogens is 133 g/mol. The van der Waals surface area contributed by atoms with E-state index in [2.05, 4.69) is 4.84 Å². The van der Waals surface area contributed by atoms with Gasteiger partial charge in [0.25, 0.3) is 0 Å². The van der Waals surface area contributed by atoms with Crippen LogP contribution in [0.3, 0.4) is 0 Å². The molecule has 48 valence electrons. The Hall–Kier alpha value is -0.0600. The summed E-state index contributed by atoms with van der Waals surface area (Å²) in [5, 5.41) is 0. The fourth-order valence-electron chi connectivity index (χ4n) is 0.162. The molecule has 0 fully saturated rings. The first-order chi connectivity index (χ1) is 3.81. The zero-order valence-corrected chi connectivity index (χ0v) is 7.51. The van der Waals surface area contributed by atoms with Crippen molar-refractivity contribution in [1.29, 1.82) is 0 Å². The number of carbonyl (C=O) groups excluding carboxylic acids is 2. The molecule has 0 atom stereocenters. The number of amides is 1. The Labute approximate surface area is 76.7 Å². The second-order valence-corrected chi connectivity index (χ2v) is 1.06. The summed E-state index contributed by atoms with van der Waals surface area (Å²) in [7, 11) is 0. The van der Waals surface area contributed by atoms with Gasteiger partial charge in [-0.3, -0.25) is 4.79 Å². The first-order valence-corrected chi connectivity index (χ1v) is 2.20. The molecule has 0 radical (unpaired) electrons. The van der Waals surface area contributed by atoms with Crippen LogP contribution >= 0.6 is 0 Å². The van der Waals surface area contributed by atoms with E-state index in [4.69, 9.17) is 0 Å². The fraction of sp³-hybridized carbons (Fsp3) is 0.500. The van der Waals surface area contributed by atoms with Crippen LogP contribution in [0.25, 0.3) is 0 Å². The normalized spacial score (nSPS) is 6.78. The van der Waals surface area contributed by atoms with Crippen molar-refractivity contribution < 1.29 is 45.4 Å². The van der Waals surface area contributed by atoms with Gasteiger partial charge in [0.2, 0.25) is 6.41 Å². The van der Waals surface area contributed by atoms with Gasteiger partial charge in [-0.05, 0) is 0 Å². The maximum absolute atomic E-state index is 10.1. The monoisotopic (exact) mass is 141 g/mol. The molecule has 0 aliphatic carbocycles. The molecule has 0 rings (SSSR count). The van der Waals surface area contributed by atoms with Crippen LogP contribution in [-0.4, -0.2) is 12.4 Å². The van der Waals surface area contributed by atoms with E-state index in [-0.39, 0.29) is 37.4 Å². The van der Waals surface area contributed by atoms with Crippen LogP contribution in [0.1, 0.15) is 14.8 Å². The Balaban J connectivity index is -0.000000245. The van der Waals surface area contributed by atoms with Crippen molar-refractivity contribution in [1.82, 2.24) is 5.48 Å². The third kappa shape index (κ3) is 7.94. The van der Waals surface area contributed by atoms with Gasteiger partial charge in [-0.2, -0.15) is 5.48 Å². The van der Waals surface area contributed by atoms with Crippen molar-refractivity contribution in [3.8, 4) is 0 Å². The van der Waals surface area contributed by atoms with Crippen molar-refractivity contribution in [2.75, 3.05) is 0 Å². The van der Waals surface area contributed by atoms with Gasteiger partial charge in [-0.1, -0.05) is 6.92 Å². The Morgan fingerprint density at radius 1 is 1.89 bits per heavy atom. The number of nitrogens with one attached hydrogen (secondary N) is 1. The summed E-state index contributed by atoms with van der Waals surface area (Å²) >= 11 is 0. The smallest absolute Gasteiger partial charge is 1.00 e. The second kappa shape index (κ2) is 7.94. The topological polar surface area (TPSA) is 55.4 Å². The van der Waals surface area contributed by atoms with E-state index in [0.29, 0.717) is 6.41 Å². The Bertz CT molecular complexity index is 101. The maximum atomic E-state index is 10.1. The van der Waals surface area contributed by atoms with E-state index in [1.54, 1.807) is 12.4 Å². The molecular formula is C4H8NNaO3. The molecule has 9 heavy (non-hydrogen) atoms. The van der Waals surface area contributed by atoms with Crippen molar-refractivity contribution >= 4 is 12.4 Å². The number of hydroxylamine groups is 1. The molecule has 0 unspecified atom stereocenters. The van der Waals surface area contributed by atoms with Crippen molar-refractivity contribution in [2.24, 2.45) is 0 Å². The first-order valence-electron chi connectivity index (χ1n) is 2.20. The predicted octanol–water partition coefficient (Wildman–Crippen LogP) is -3.28. The van der Waals surface area contributed by atoms with Gasteiger partial charge in [0.1, 0.15) is 0 Å². The summed E-state index contributed by atoms with van der Waals surface area (Å²) in [6.45, 7) is 1.63. The van der Waals surface area contributed by atoms with Gasteiger partial charge in [0.15, 0.2) is 0 Å². The van der Waals surface area contributed by atoms with Gasteiger partial charge in [0, 0.05) is 6.42 Å². The first kappa shape index (κ1) is 11.7. The fourth-order valence-corrected chi connectivity index (χ4v) is 0.162. The van der Waals surface area contributed by atoms with Gasteiger partial charge < -0.3 is 6.26 Å². The molecule has 5 heteroatoms. The van der Waals surface area contributed by atoms with Crippen LogP contribution in [0, 0.1) is 0 Å². The van der Waals surface area contributed by atoms with Crippen molar-refractivity contribution in [2.45, 2.75) is 13.3 Å². The largest absolute Gasteiger partial charge is 1.00 e. The SMILES string of the molecule is CCC(=O)ONC=O.[H-].[Na+]. The number of hydrogen-bond donors (Lipinski definition) is 1. The zero-order valence-electron chi connectivity index (χ0n) is 6.51. The second-order valence-electron chi connectivity index (χ2n) is 1.06. The van der Waals surface area contributed by atoms with Crippen LogP contribution in [0.4, 0.5) is 0 Å². The zero-order chi connectivity index (χ0) is 6.41. The van der Waals surface area contributed by atoms with Gasteiger partial charge >= 0.3 is 35.5 Å². The van der Waals surface area contributed by atoms with E-state index < -0.39 is 5.97 Å². The third-order valence-corrected chi connectivity index (χ3v) is 0.510. The molecule has 0 aromatic carbocycles. The van der Waals surface area contributed by atoms with Gasteiger partial charge in [0.05, 0.1) is 0 Å². The predicted molar refractivity (Wildman–Crippen MR) is 26.7 cm³/mol. The molecule has 0 saturated carbocycles. The summed E-state index contributed by atoms with van der Waals surface area (Å²) in [6.07, 6.45) is 0.564. The summed E-state index contributed by atoms with van der Waals surface area (Å²) in [5.74, 6) is -0.447. The van der Waals surface area contributed by atoms with Gasteiger partial charge in [-0.15, -0.1) is 0 Å². The van der Waals surface area contributed by atoms with E-state index in [9.17, 15) is 9.59 Å². The van der Waals surface area contributed by atoms with Crippen LogP contribution in [-0.2, 0) is 14.4 Å². The molecule has 0 aliphatic rings. The molecule has 1 N–H and O–H groups in total. The van der Waals surface area contributed by atoms with E-state index in [1.807, 2.05) is 0 Å². The maximum Gasteiger partial charge on any atom is 1.00 e. The average molecular weight is 141 g/mol. The minimum absolute atomic E-state index is 0. The summed E-state index contributed by atoms with van der Waals surface area (Å²) in [4.78, 5) is 23.6. The Kier molecular flexibility index (Phi) is 10.3. The number of hydrogen-bond acceptors (Lipinski definition) is 3. The Morgan fingerprint density at radius 3 is 2.78 bits per heavy atom. The van der Waals surface area contributed by atoms with Crippen LogP contribution in [0.5, 0.6) is 0 Å². The van der Waals surface area contributed by atoms with Crippen LogP contribution < -0.4 is 35.0 Å². The van der Waals surface area contributed by atoms with E-state index in [0.717, 1.165) is 0 Å². The average Bonchev–Trinajstić information content (AvgIpc) is 1.83. The molecule has 0 spiro atoms. The minimum atomic E-state index is -0.447. The summed E-state index contributed by atoms with van der Waals surface area (Å²) in [6, 6.07) is 0. The molecule has 0 aromatic rings. The molecule has 4 nitrogen and oxygen atoms in total. The number of rotatable bonds is 3. The quantitative estimate of drug-likeness (QED) is 0.255.